The van der Waals surface area contributed by atoms with Crippen molar-refractivity contribution in [3.8, 4) is 0 Å². The monoisotopic (exact) mass is 276 g/mol. The molecule has 0 amide bonds. The number of rotatable bonds is 7. The van der Waals surface area contributed by atoms with E-state index in [1.165, 1.54) is 0 Å². The first-order valence-electron chi connectivity index (χ1n) is 6.32. The number of alkyl halides is 3. The summed E-state index contributed by atoms with van der Waals surface area (Å²) in [5.41, 5.74) is 0. The van der Waals surface area contributed by atoms with E-state index in [0.717, 1.165) is 31.0 Å². The average Bonchev–Trinajstić information content (AvgIpc) is 2.33. The molecule has 0 radical (unpaired) electrons. The Morgan fingerprint density at radius 3 is 2.28 bits per heavy atom. The highest BCUT2D eigenvalue weighted by Gasteiger charge is 2.39. The zero-order valence-electron chi connectivity index (χ0n) is 10.5. The minimum absolute atomic E-state index is 0.211. The normalized spacial score (nSPS) is 13.6. The summed E-state index contributed by atoms with van der Waals surface area (Å²) < 4.78 is 38.7. The van der Waals surface area contributed by atoms with Crippen LogP contribution in [0.3, 0.4) is 0 Å². The van der Waals surface area contributed by atoms with Crippen molar-refractivity contribution in [2.45, 2.75) is 55.3 Å². The van der Waals surface area contributed by atoms with Crippen LogP contribution in [0, 0.1) is 0 Å². The molecule has 0 aromatic heterocycles. The standard InChI is InChI=1S/C14H19F3S/c1-2-3-4-8-11-13(14(15,16)17)18-12-9-6-5-7-10-12/h5-7,9-10,13H,2-4,8,11H2,1H3. The molecule has 0 saturated heterocycles. The predicted octanol–water partition coefficient (Wildman–Crippen LogP) is 5.68. The van der Waals surface area contributed by atoms with E-state index >= 15 is 0 Å². The molecule has 0 nitrogen and oxygen atoms in total. The molecular formula is C14H19F3S. The van der Waals surface area contributed by atoms with E-state index in [4.69, 9.17) is 0 Å². The third kappa shape index (κ3) is 5.80. The van der Waals surface area contributed by atoms with Crippen LogP contribution in [0.1, 0.15) is 39.0 Å². The summed E-state index contributed by atoms with van der Waals surface area (Å²) in [6, 6.07) is 8.82. The van der Waals surface area contributed by atoms with Gasteiger partial charge in [0, 0.05) is 4.90 Å². The van der Waals surface area contributed by atoms with Gasteiger partial charge in [0.25, 0.3) is 0 Å². The molecule has 0 spiro atoms. The molecule has 1 rings (SSSR count). The topological polar surface area (TPSA) is 0 Å². The van der Waals surface area contributed by atoms with Gasteiger partial charge in [-0.25, -0.2) is 0 Å². The summed E-state index contributed by atoms with van der Waals surface area (Å²) in [7, 11) is 0. The van der Waals surface area contributed by atoms with Gasteiger partial charge in [0.15, 0.2) is 0 Å². The Hall–Kier alpha value is -0.640. The van der Waals surface area contributed by atoms with Crippen molar-refractivity contribution < 1.29 is 13.2 Å². The minimum atomic E-state index is -4.12. The zero-order chi connectivity index (χ0) is 13.4. The summed E-state index contributed by atoms with van der Waals surface area (Å²) in [5, 5.41) is -1.28. The third-order valence-corrected chi connectivity index (χ3v) is 4.04. The molecule has 1 atom stereocenters. The predicted molar refractivity (Wildman–Crippen MR) is 70.9 cm³/mol. The summed E-state index contributed by atoms with van der Waals surface area (Å²) in [5.74, 6) is 0. The fraction of sp³-hybridized carbons (Fsp3) is 0.571. The maximum absolute atomic E-state index is 12.9. The summed E-state index contributed by atoms with van der Waals surface area (Å²) in [6.45, 7) is 2.06. The second kappa shape index (κ2) is 7.72. The quantitative estimate of drug-likeness (QED) is 0.456. The van der Waals surface area contributed by atoms with Gasteiger partial charge < -0.3 is 0 Å². The molecule has 18 heavy (non-hydrogen) atoms. The smallest absolute Gasteiger partial charge is 0.170 e. The Kier molecular flexibility index (Phi) is 6.61. The SMILES string of the molecule is CCCCCCC(Sc1ccccc1)C(F)(F)F. The molecular weight excluding hydrogens is 257 g/mol. The van der Waals surface area contributed by atoms with E-state index in [-0.39, 0.29) is 6.42 Å². The number of hydrogen-bond acceptors (Lipinski definition) is 1. The van der Waals surface area contributed by atoms with Gasteiger partial charge in [0.05, 0.1) is 0 Å². The minimum Gasteiger partial charge on any atom is -0.170 e. The van der Waals surface area contributed by atoms with E-state index in [0.29, 0.717) is 11.3 Å². The number of benzene rings is 1. The number of unbranched alkanes of at least 4 members (excludes halogenated alkanes) is 3. The Morgan fingerprint density at radius 1 is 1.06 bits per heavy atom. The van der Waals surface area contributed by atoms with E-state index in [2.05, 4.69) is 6.92 Å². The van der Waals surface area contributed by atoms with E-state index in [1.807, 2.05) is 6.07 Å². The lowest BCUT2D eigenvalue weighted by molar-refractivity contribution is -0.129. The fourth-order valence-corrected chi connectivity index (χ4v) is 2.77. The highest BCUT2D eigenvalue weighted by molar-refractivity contribution is 8.00. The van der Waals surface area contributed by atoms with E-state index in [9.17, 15) is 13.2 Å². The first kappa shape index (κ1) is 15.4. The lowest BCUT2D eigenvalue weighted by Gasteiger charge is -2.19. The van der Waals surface area contributed by atoms with Crippen LogP contribution >= 0.6 is 11.8 Å². The molecule has 1 aromatic rings. The van der Waals surface area contributed by atoms with E-state index < -0.39 is 11.4 Å². The zero-order valence-corrected chi connectivity index (χ0v) is 11.4. The average molecular weight is 276 g/mol. The Bertz CT molecular complexity index is 322. The third-order valence-electron chi connectivity index (χ3n) is 2.71. The van der Waals surface area contributed by atoms with Gasteiger partial charge in [-0.05, 0) is 18.6 Å². The number of hydrogen-bond donors (Lipinski definition) is 0. The van der Waals surface area contributed by atoms with E-state index in [1.54, 1.807) is 24.3 Å². The number of halogens is 3. The molecule has 0 bridgehead atoms. The highest BCUT2D eigenvalue weighted by atomic mass is 32.2. The van der Waals surface area contributed by atoms with Crippen molar-refractivity contribution in [1.82, 2.24) is 0 Å². The molecule has 4 heteroatoms. The molecule has 1 aromatic carbocycles. The van der Waals surface area contributed by atoms with Crippen LogP contribution in [0.15, 0.2) is 35.2 Å². The summed E-state index contributed by atoms with van der Waals surface area (Å²) in [4.78, 5) is 0.690. The second-order valence-electron chi connectivity index (χ2n) is 4.31. The van der Waals surface area contributed by atoms with Gasteiger partial charge in [-0.2, -0.15) is 13.2 Å². The Morgan fingerprint density at radius 2 is 1.72 bits per heavy atom. The highest BCUT2D eigenvalue weighted by Crippen LogP contribution is 2.38. The lowest BCUT2D eigenvalue weighted by atomic mass is 10.1. The summed E-state index contributed by atoms with van der Waals surface area (Å²) in [6.07, 6.45) is -0.310. The summed E-state index contributed by atoms with van der Waals surface area (Å²) >= 11 is 0.929. The van der Waals surface area contributed by atoms with Gasteiger partial charge in [0.1, 0.15) is 5.25 Å². The molecule has 0 saturated carbocycles. The lowest BCUT2D eigenvalue weighted by Crippen LogP contribution is -2.25. The molecule has 0 N–H and O–H groups in total. The fourth-order valence-electron chi connectivity index (χ4n) is 1.71. The molecule has 0 aliphatic carbocycles. The van der Waals surface area contributed by atoms with Gasteiger partial charge >= 0.3 is 6.18 Å². The van der Waals surface area contributed by atoms with Crippen molar-refractivity contribution >= 4 is 11.8 Å². The first-order chi connectivity index (χ1) is 8.54. The van der Waals surface area contributed by atoms with Gasteiger partial charge in [-0.3, -0.25) is 0 Å². The van der Waals surface area contributed by atoms with Crippen LogP contribution in [0.5, 0.6) is 0 Å². The largest absolute Gasteiger partial charge is 0.400 e. The van der Waals surface area contributed by atoms with Crippen LogP contribution in [0.2, 0.25) is 0 Å². The Balaban J connectivity index is 2.51. The molecule has 102 valence electrons. The molecule has 0 aliphatic rings. The second-order valence-corrected chi connectivity index (χ2v) is 5.59. The van der Waals surface area contributed by atoms with Crippen LogP contribution < -0.4 is 0 Å². The maximum atomic E-state index is 12.9. The van der Waals surface area contributed by atoms with Crippen molar-refractivity contribution in [1.29, 1.82) is 0 Å². The van der Waals surface area contributed by atoms with Gasteiger partial charge in [-0.1, -0.05) is 50.8 Å². The van der Waals surface area contributed by atoms with Crippen LogP contribution in [-0.4, -0.2) is 11.4 Å². The van der Waals surface area contributed by atoms with Crippen molar-refractivity contribution in [2.75, 3.05) is 0 Å². The van der Waals surface area contributed by atoms with Crippen molar-refractivity contribution in [3.63, 3.8) is 0 Å². The molecule has 0 heterocycles. The number of thioether (sulfide) groups is 1. The molecule has 1 unspecified atom stereocenters. The van der Waals surface area contributed by atoms with Crippen molar-refractivity contribution in [2.24, 2.45) is 0 Å². The Labute approximate surface area is 111 Å². The first-order valence-corrected chi connectivity index (χ1v) is 7.20. The maximum Gasteiger partial charge on any atom is 0.400 e. The molecule has 0 fully saturated rings. The van der Waals surface area contributed by atoms with Crippen LogP contribution in [-0.2, 0) is 0 Å². The molecule has 0 aliphatic heterocycles. The van der Waals surface area contributed by atoms with Crippen LogP contribution in [0.25, 0.3) is 0 Å². The van der Waals surface area contributed by atoms with Crippen LogP contribution in [0.4, 0.5) is 13.2 Å². The van der Waals surface area contributed by atoms with Crippen molar-refractivity contribution in [3.05, 3.63) is 30.3 Å². The van der Waals surface area contributed by atoms with Gasteiger partial charge in [-0.15, -0.1) is 11.8 Å². The van der Waals surface area contributed by atoms with Gasteiger partial charge in [0.2, 0.25) is 0 Å².